The van der Waals surface area contributed by atoms with Gasteiger partial charge in [0.1, 0.15) is 5.75 Å². The Kier molecular flexibility index (Phi) is 4.21. The molecule has 0 unspecified atom stereocenters. The third-order valence-corrected chi connectivity index (χ3v) is 3.37. The summed E-state index contributed by atoms with van der Waals surface area (Å²) in [7, 11) is 1.69. The van der Waals surface area contributed by atoms with Crippen LogP contribution in [0.2, 0.25) is 0 Å². The summed E-state index contributed by atoms with van der Waals surface area (Å²) >= 11 is 0. The molecule has 0 radical (unpaired) electrons. The zero-order valence-electron chi connectivity index (χ0n) is 11.1. The van der Waals surface area contributed by atoms with Gasteiger partial charge in [-0.05, 0) is 41.0 Å². The van der Waals surface area contributed by atoms with Crippen molar-refractivity contribution >= 4 is 10.8 Å². The van der Waals surface area contributed by atoms with Crippen LogP contribution in [0.15, 0.2) is 36.4 Å². The van der Waals surface area contributed by atoms with E-state index < -0.39 is 0 Å². The molecule has 0 heterocycles. The third-order valence-electron chi connectivity index (χ3n) is 3.37. The van der Waals surface area contributed by atoms with Crippen LogP contribution in [0.5, 0.6) is 5.75 Å². The van der Waals surface area contributed by atoms with Gasteiger partial charge in [0, 0.05) is 6.04 Å². The molecule has 0 aliphatic heterocycles. The zero-order chi connectivity index (χ0) is 13.0. The number of nitrogens with two attached hydrogens (primary N) is 1. The molecule has 0 saturated carbocycles. The Labute approximate surface area is 109 Å². The number of unbranched alkanes of at least 4 members (excludes halogenated alkanes) is 1. The number of hydrogen-bond donors (Lipinski definition) is 1. The summed E-state index contributed by atoms with van der Waals surface area (Å²) in [5, 5.41) is 2.42. The average Bonchev–Trinajstić information content (AvgIpc) is 2.43. The minimum atomic E-state index is 0.149. The Morgan fingerprint density at radius 3 is 2.56 bits per heavy atom. The van der Waals surface area contributed by atoms with Gasteiger partial charge in [0.05, 0.1) is 7.11 Å². The summed E-state index contributed by atoms with van der Waals surface area (Å²) < 4.78 is 5.23. The maximum absolute atomic E-state index is 6.20. The average molecular weight is 243 g/mol. The van der Waals surface area contributed by atoms with E-state index in [1.54, 1.807) is 7.11 Å². The van der Waals surface area contributed by atoms with Gasteiger partial charge in [0.2, 0.25) is 0 Å². The molecule has 2 heteroatoms. The van der Waals surface area contributed by atoms with Gasteiger partial charge >= 0.3 is 0 Å². The lowest BCUT2D eigenvalue weighted by Crippen LogP contribution is -2.09. The molecule has 0 spiro atoms. The van der Waals surface area contributed by atoms with Gasteiger partial charge in [0.15, 0.2) is 0 Å². The van der Waals surface area contributed by atoms with Crippen molar-refractivity contribution in [3.05, 3.63) is 42.0 Å². The molecule has 0 aliphatic rings. The van der Waals surface area contributed by atoms with Gasteiger partial charge in [-0.15, -0.1) is 0 Å². The summed E-state index contributed by atoms with van der Waals surface area (Å²) in [4.78, 5) is 0. The largest absolute Gasteiger partial charge is 0.497 e. The molecule has 0 aliphatic carbocycles. The lowest BCUT2D eigenvalue weighted by atomic mass is 9.99. The van der Waals surface area contributed by atoms with Gasteiger partial charge < -0.3 is 10.5 Å². The lowest BCUT2D eigenvalue weighted by molar-refractivity contribution is 0.415. The van der Waals surface area contributed by atoms with Crippen LogP contribution >= 0.6 is 0 Å². The van der Waals surface area contributed by atoms with Crippen molar-refractivity contribution in [2.45, 2.75) is 32.2 Å². The van der Waals surface area contributed by atoms with Crippen molar-refractivity contribution in [2.75, 3.05) is 7.11 Å². The molecule has 2 rings (SSSR count). The molecule has 2 aromatic rings. The van der Waals surface area contributed by atoms with E-state index in [0.29, 0.717) is 0 Å². The first-order valence-electron chi connectivity index (χ1n) is 6.58. The Bertz CT molecular complexity index is 521. The van der Waals surface area contributed by atoms with E-state index in [-0.39, 0.29) is 6.04 Å². The van der Waals surface area contributed by atoms with E-state index >= 15 is 0 Å². The van der Waals surface area contributed by atoms with E-state index in [2.05, 4.69) is 37.3 Å². The fraction of sp³-hybridized carbons (Fsp3) is 0.375. The van der Waals surface area contributed by atoms with E-state index in [1.807, 2.05) is 6.07 Å². The molecule has 1 atom stereocenters. The number of rotatable bonds is 5. The highest BCUT2D eigenvalue weighted by atomic mass is 16.5. The van der Waals surface area contributed by atoms with Crippen molar-refractivity contribution in [2.24, 2.45) is 5.73 Å². The quantitative estimate of drug-likeness (QED) is 0.860. The van der Waals surface area contributed by atoms with Crippen LogP contribution in [0.25, 0.3) is 10.8 Å². The Morgan fingerprint density at radius 2 is 1.83 bits per heavy atom. The van der Waals surface area contributed by atoms with Gasteiger partial charge in [-0.3, -0.25) is 0 Å². The summed E-state index contributed by atoms with van der Waals surface area (Å²) in [6.07, 6.45) is 3.43. The number of ether oxygens (including phenoxy) is 1. The van der Waals surface area contributed by atoms with Crippen molar-refractivity contribution < 1.29 is 4.74 Å². The van der Waals surface area contributed by atoms with Crippen LogP contribution in [0.4, 0.5) is 0 Å². The molecule has 0 amide bonds. The second-order valence-corrected chi connectivity index (χ2v) is 4.72. The minimum Gasteiger partial charge on any atom is -0.497 e. The Morgan fingerprint density at radius 1 is 1.11 bits per heavy atom. The molecule has 0 bridgehead atoms. The number of fused-ring (bicyclic) bond motifs is 1. The molecule has 18 heavy (non-hydrogen) atoms. The van der Waals surface area contributed by atoms with Gasteiger partial charge in [-0.25, -0.2) is 0 Å². The normalized spacial score (nSPS) is 12.6. The first-order valence-corrected chi connectivity index (χ1v) is 6.58. The van der Waals surface area contributed by atoms with Crippen molar-refractivity contribution in [1.82, 2.24) is 0 Å². The highest BCUT2D eigenvalue weighted by Gasteiger charge is 2.06. The Balaban J connectivity index is 2.27. The molecule has 0 fully saturated rings. The molecular formula is C16H21NO. The summed E-state index contributed by atoms with van der Waals surface area (Å²) in [6, 6.07) is 12.7. The smallest absolute Gasteiger partial charge is 0.119 e. The SMILES string of the molecule is CCCC[C@H](N)c1ccc2cc(OC)ccc2c1. The van der Waals surface area contributed by atoms with Gasteiger partial charge in [0.25, 0.3) is 0 Å². The number of benzene rings is 2. The van der Waals surface area contributed by atoms with Crippen LogP contribution in [-0.2, 0) is 0 Å². The third kappa shape index (κ3) is 2.82. The van der Waals surface area contributed by atoms with Crippen LogP contribution in [0.3, 0.4) is 0 Å². The van der Waals surface area contributed by atoms with Gasteiger partial charge in [-0.2, -0.15) is 0 Å². The highest BCUT2D eigenvalue weighted by molar-refractivity contribution is 5.84. The highest BCUT2D eigenvalue weighted by Crippen LogP contribution is 2.25. The maximum Gasteiger partial charge on any atom is 0.119 e. The topological polar surface area (TPSA) is 35.2 Å². The molecule has 2 nitrogen and oxygen atoms in total. The van der Waals surface area contributed by atoms with Crippen molar-refractivity contribution in [1.29, 1.82) is 0 Å². The molecule has 2 aromatic carbocycles. The monoisotopic (exact) mass is 243 g/mol. The summed E-state index contributed by atoms with van der Waals surface area (Å²) in [6.45, 7) is 2.19. The number of hydrogen-bond acceptors (Lipinski definition) is 2. The molecule has 2 N–H and O–H groups in total. The first-order chi connectivity index (χ1) is 8.74. The molecule has 0 saturated heterocycles. The van der Waals surface area contributed by atoms with Crippen molar-refractivity contribution in [3.63, 3.8) is 0 Å². The van der Waals surface area contributed by atoms with Gasteiger partial charge in [-0.1, -0.05) is 38.0 Å². The number of methoxy groups -OCH3 is 1. The predicted octanol–water partition coefficient (Wildman–Crippen LogP) is 4.04. The second kappa shape index (κ2) is 5.87. The fourth-order valence-corrected chi connectivity index (χ4v) is 2.19. The Hall–Kier alpha value is -1.54. The van der Waals surface area contributed by atoms with Crippen LogP contribution in [-0.4, -0.2) is 7.11 Å². The molecule has 96 valence electrons. The predicted molar refractivity (Wildman–Crippen MR) is 77.0 cm³/mol. The molecular weight excluding hydrogens is 222 g/mol. The maximum atomic E-state index is 6.20. The standard InChI is InChI=1S/C16H21NO/c1-3-4-5-16(17)14-7-6-13-11-15(18-2)9-8-12(13)10-14/h6-11,16H,3-5,17H2,1-2H3/t16-/m0/s1. The summed E-state index contributed by atoms with van der Waals surface area (Å²) in [5.41, 5.74) is 7.43. The first kappa shape index (κ1) is 12.9. The second-order valence-electron chi connectivity index (χ2n) is 4.72. The molecule has 0 aromatic heterocycles. The minimum absolute atomic E-state index is 0.149. The van der Waals surface area contributed by atoms with Crippen LogP contribution < -0.4 is 10.5 Å². The summed E-state index contributed by atoms with van der Waals surface area (Å²) in [5.74, 6) is 0.894. The van der Waals surface area contributed by atoms with Crippen LogP contribution in [0, 0.1) is 0 Å². The fourth-order valence-electron chi connectivity index (χ4n) is 2.19. The van der Waals surface area contributed by atoms with E-state index in [0.717, 1.165) is 12.2 Å². The van der Waals surface area contributed by atoms with Crippen LogP contribution in [0.1, 0.15) is 37.8 Å². The van der Waals surface area contributed by atoms with E-state index in [4.69, 9.17) is 10.5 Å². The lowest BCUT2D eigenvalue weighted by Gasteiger charge is -2.12. The van der Waals surface area contributed by atoms with Crippen molar-refractivity contribution in [3.8, 4) is 5.75 Å². The van der Waals surface area contributed by atoms with E-state index in [9.17, 15) is 0 Å². The van der Waals surface area contributed by atoms with E-state index in [1.165, 1.54) is 29.2 Å². The zero-order valence-corrected chi connectivity index (χ0v) is 11.1.